The highest BCUT2D eigenvalue weighted by Crippen LogP contribution is 2.24. The van der Waals surface area contributed by atoms with Crippen LogP contribution in [-0.4, -0.2) is 27.4 Å². The van der Waals surface area contributed by atoms with Crippen molar-refractivity contribution in [2.24, 2.45) is 5.92 Å². The second kappa shape index (κ2) is 7.19. The van der Waals surface area contributed by atoms with Gasteiger partial charge < -0.3 is 5.32 Å². The molecule has 1 fully saturated rings. The number of rotatable bonds is 6. The van der Waals surface area contributed by atoms with Crippen LogP contribution in [-0.2, 0) is 14.8 Å². The molecular formula is C15H21FN2O3S. The Morgan fingerprint density at radius 3 is 2.59 bits per heavy atom. The molecule has 122 valence electrons. The highest BCUT2D eigenvalue weighted by Gasteiger charge is 2.22. The molecule has 0 bridgehead atoms. The van der Waals surface area contributed by atoms with E-state index in [-0.39, 0.29) is 29.8 Å². The van der Waals surface area contributed by atoms with Gasteiger partial charge in [-0.1, -0.05) is 12.8 Å². The molecule has 5 nitrogen and oxygen atoms in total. The predicted octanol–water partition coefficient (Wildman–Crippen LogP) is 1.72. The van der Waals surface area contributed by atoms with Crippen LogP contribution in [0.3, 0.4) is 0 Å². The summed E-state index contributed by atoms with van der Waals surface area (Å²) in [6, 6.07) is 3.53. The molecule has 0 radical (unpaired) electrons. The molecule has 0 spiro atoms. The monoisotopic (exact) mass is 328 g/mol. The molecule has 0 atom stereocenters. The van der Waals surface area contributed by atoms with E-state index < -0.39 is 15.8 Å². The van der Waals surface area contributed by atoms with Gasteiger partial charge in [0.15, 0.2) is 0 Å². The molecule has 0 unspecified atom stereocenters. The van der Waals surface area contributed by atoms with Gasteiger partial charge in [-0.15, -0.1) is 0 Å². The lowest BCUT2D eigenvalue weighted by Gasteiger charge is -2.12. The highest BCUT2D eigenvalue weighted by molar-refractivity contribution is 7.89. The smallest absolute Gasteiger partial charge is 0.240 e. The van der Waals surface area contributed by atoms with Crippen LogP contribution in [0.25, 0.3) is 0 Å². The van der Waals surface area contributed by atoms with Gasteiger partial charge in [0.25, 0.3) is 0 Å². The summed E-state index contributed by atoms with van der Waals surface area (Å²) >= 11 is 0. The van der Waals surface area contributed by atoms with Crippen LogP contribution in [0, 0.1) is 18.7 Å². The van der Waals surface area contributed by atoms with Gasteiger partial charge in [-0.2, -0.15) is 0 Å². The second-order valence-electron chi connectivity index (χ2n) is 5.58. The molecular weight excluding hydrogens is 307 g/mol. The van der Waals surface area contributed by atoms with Crippen molar-refractivity contribution in [1.82, 2.24) is 10.0 Å². The third-order valence-electron chi connectivity index (χ3n) is 3.87. The Bertz CT molecular complexity index is 640. The molecule has 7 heteroatoms. The predicted molar refractivity (Wildman–Crippen MR) is 81.3 cm³/mol. The Balaban J connectivity index is 1.83. The summed E-state index contributed by atoms with van der Waals surface area (Å²) in [5, 5.41) is 2.75. The van der Waals surface area contributed by atoms with E-state index in [0.29, 0.717) is 5.56 Å². The van der Waals surface area contributed by atoms with Crippen LogP contribution in [0.4, 0.5) is 4.39 Å². The first-order chi connectivity index (χ1) is 10.4. The van der Waals surface area contributed by atoms with Crippen molar-refractivity contribution in [2.75, 3.05) is 13.1 Å². The third kappa shape index (κ3) is 4.27. The summed E-state index contributed by atoms with van der Waals surface area (Å²) in [7, 11) is -3.69. The van der Waals surface area contributed by atoms with E-state index in [4.69, 9.17) is 0 Å². The van der Waals surface area contributed by atoms with Crippen molar-refractivity contribution < 1.29 is 17.6 Å². The molecule has 1 aliphatic rings. The Kier molecular flexibility index (Phi) is 5.52. The van der Waals surface area contributed by atoms with Gasteiger partial charge in [0.1, 0.15) is 5.82 Å². The number of halogens is 1. The number of hydrogen-bond donors (Lipinski definition) is 2. The maximum absolute atomic E-state index is 13.0. The summed E-state index contributed by atoms with van der Waals surface area (Å²) < 4.78 is 39.7. The first-order valence-electron chi connectivity index (χ1n) is 7.44. The number of hydrogen-bond acceptors (Lipinski definition) is 3. The number of nitrogens with one attached hydrogen (secondary N) is 2. The topological polar surface area (TPSA) is 75.3 Å². The SMILES string of the molecule is Cc1cc(F)ccc1S(=O)(=O)NCCNC(=O)C1CCCC1. The van der Waals surface area contributed by atoms with Crippen LogP contribution in [0.2, 0.25) is 0 Å². The van der Waals surface area contributed by atoms with E-state index in [9.17, 15) is 17.6 Å². The van der Waals surface area contributed by atoms with Crippen molar-refractivity contribution in [2.45, 2.75) is 37.5 Å². The van der Waals surface area contributed by atoms with Gasteiger partial charge in [0.2, 0.25) is 15.9 Å². The molecule has 0 aromatic heterocycles. The molecule has 0 aliphatic heterocycles. The van der Waals surface area contributed by atoms with Gasteiger partial charge in [0.05, 0.1) is 4.90 Å². The zero-order chi connectivity index (χ0) is 16.2. The number of benzene rings is 1. The fourth-order valence-corrected chi connectivity index (χ4v) is 3.95. The number of aryl methyl sites for hydroxylation is 1. The minimum atomic E-state index is -3.69. The molecule has 1 aromatic rings. The summed E-state index contributed by atoms with van der Waals surface area (Å²) in [5.41, 5.74) is 0.350. The summed E-state index contributed by atoms with van der Waals surface area (Å²) in [5.74, 6) is -0.411. The summed E-state index contributed by atoms with van der Waals surface area (Å²) in [6.07, 6.45) is 3.97. The van der Waals surface area contributed by atoms with E-state index in [1.807, 2.05) is 0 Å². The molecule has 1 aliphatic carbocycles. The van der Waals surface area contributed by atoms with Gasteiger partial charge >= 0.3 is 0 Å². The van der Waals surface area contributed by atoms with Crippen molar-refractivity contribution >= 4 is 15.9 Å². The molecule has 2 N–H and O–H groups in total. The normalized spacial score (nSPS) is 15.9. The van der Waals surface area contributed by atoms with Crippen LogP contribution in [0.5, 0.6) is 0 Å². The van der Waals surface area contributed by atoms with Crippen molar-refractivity contribution in [3.05, 3.63) is 29.6 Å². The maximum Gasteiger partial charge on any atom is 0.240 e. The van der Waals surface area contributed by atoms with E-state index >= 15 is 0 Å². The lowest BCUT2D eigenvalue weighted by molar-refractivity contribution is -0.124. The average molecular weight is 328 g/mol. The number of amides is 1. The Labute approximate surface area is 130 Å². The quantitative estimate of drug-likeness (QED) is 0.781. The summed E-state index contributed by atoms with van der Waals surface area (Å²) in [4.78, 5) is 11.9. The number of sulfonamides is 1. The first-order valence-corrected chi connectivity index (χ1v) is 8.92. The van der Waals surface area contributed by atoms with Crippen LogP contribution in [0.15, 0.2) is 23.1 Å². The standard InChI is InChI=1S/C15H21FN2O3S/c1-11-10-13(16)6-7-14(11)22(20,21)18-9-8-17-15(19)12-4-2-3-5-12/h6-7,10,12,18H,2-5,8-9H2,1H3,(H,17,19). The van der Waals surface area contributed by atoms with Crippen LogP contribution >= 0.6 is 0 Å². The maximum atomic E-state index is 13.0. The fourth-order valence-electron chi connectivity index (χ4n) is 2.70. The molecule has 22 heavy (non-hydrogen) atoms. The largest absolute Gasteiger partial charge is 0.355 e. The zero-order valence-electron chi connectivity index (χ0n) is 12.6. The van der Waals surface area contributed by atoms with Crippen molar-refractivity contribution in [1.29, 1.82) is 0 Å². The van der Waals surface area contributed by atoms with E-state index in [0.717, 1.165) is 31.7 Å². The van der Waals surface area contributed by atoms with Gasteiger partial charge in [-0.3, -0.25) is 4.79 Å². The molecule has 1 aromatic carbocycles. The first kappa shape index (κ1) is 16.9. The lowest BCUT2D eigenvalue weighted by atomic mass is 10.1. The van der Waals surface area contributed by atoms with Gasteiger partial charge in [0, 0.05) is 19.0 Å². The lowest BCUT2D eigenvalue weighted by Crippen LogP contribution is -2.37. The minimum Gasteiger partial charge on any atom is -0.355 e. The molecule has 1 amide bonds. The number of carbonyl (C=O) groups is 1. The second-order valence-corrected chi connectivity index (χ2v) is 7.32. The molecule has 0 saturated heterocycles. The van der Waals surface area contributed by atoms with Crippen LogP contribution in [0.1, 0.15) is 31.2 Å². The highest BCUT2D eigenvalue weighted by atomic mass is 32.2. The van der Waals surface area contributed by atoms with Crippen molar-refractivity contribution in [3.8, 4) is 0 Å². The molecule has 2 rings (SSSR count). The van der Waals surface area contributed by atoms with Gasteiger partial charge in [-0.25, -0.2) is 17.5 Å². The Hall–Kier alpha value is -1.47. The number of carbonyl (C=O) groups excluding carboxylic acids is 1. The average Bonchev–Trinajstić information content (AvgIpc) is 2.97. The van der Waals surface area contributed by atoms with Gasteiger partial charge in [-0.05, 0) is 43.5 Å². The van der Waals surface area contributed by atoms with Crippen molar-refractivity contribution in [3.63, 3.8) is 0 Å². The van der Waals surface area contributed by atoms with Crippen LogP contribution < -0.4 is 10.0 Å². The zero-order valence-corrected chi connectivity index (χ0v) is 13.4. The summed E-state index contributed by atoms with van der Waals surface area (Å²) in [6.45, 7) is 1.89. The molecule has 0 heterocycles. The molecule has 1 saturated carbocycles. The van der Waals surface area contributed by atoms with E-state index in [1.54, 1.807) is 6.92 Å². The van der Waals surface area contributed by atoms with E-state index in [2.05, 4.69) is 10.0 Å². The Morgan fingerprint density at radius 2 is 1.95 bits per heavy atom. The van der Waals surface area contributed by atoms with E-state index in [1.165, 1.54) is 12.1 Å². The third-order valence-corrected chi connectivity index (χ3v) is 5.49. The Morgan fingerprint density at radius 1 is 1.27 bits per heavy atom. The minimum absolute atomic E-state index is 0.00494. The fraction of sp³-hybridized carbons (Fsp3) is 0.533.